The molecule has 3 N–H and O–H groups in total. The van der Waals surface area contributed by atoms with E-state index in [0.29, 0.717) is 23.2 Å². The largest absolute Gasteiger partial charge is 0.329 e. The molecular weight excluding hydrogens is 317 g/mol. The van der Waals surface area contributed by atoms with Crippen LogP contribution in [-0.4, -0.2) is 27.4 Å². The fraction of sp³-hybridized carbons (Fsp3) is 0.182. The third kappa shape index (κ3) is 3.36. The maximum absolute atomic E-state index is 12.9. The van der Waals surface area contributed by atoms with Gasteiger partial charge in [-0.3, -0.25) is 9.48 Å². The van der Waals surface area contributed by atoms with E-state index >= 15 is 0 Å². The SMILES string of the molecule is NCCn1cc(C(=O)Nc2ccc(F)cc2Br)nn1. The van der Waals surface area contributed by atoms with Crippen LogP contribution < -0.4 is 11.1 Å². The number of aromatic nitrogens is 3. The van der Waals surface area contributed by atoms with Gasteiger partial charge >= 0.3 is 0 Å². The second-order valence-electron chi connectivity index (χ2n) is 3.73. The number of halogens is 2. The number of carbonyl (C=O) groups is 1. The van der Waals surface area contributed by atoms with E-state index in [1.807, 2.05) is 0 Å². The number of rotatable bonds is 4. The summed E-state index contributed by atoms with van der Waals surface area (Å²) < 4.78 is 14.9. The standard InChI is InChI=1S/C11H11BrFN5O/c12-8-5-7(13)1-2-9(8)15-11(19)10-6-18(4-3-14)17-16-10/h1-2,5-6H,3-4,14H2,(H,15,19). The van der Waals surface area contributed by atoms with Gasteiger partial charge in [-0.2, -0.15) is 0 Å². The van der Waals surface area contributed by atoms with E-state index in [4.69, 9.17) is 5.73 Å². The molecule has 0 radical (unpaired) electrons. The quantitative estimate of drug-likeness (QED) is 0.888. The maximum atomic E-state index is 12.9. The van der Waals surface area contributed by atoms with Gasteiger partial charge in [0.25, 0.3) is 5.91 Å². The highest BCUT2D eigenvalue weighted by atomic mass is 79.9. The molecule has 1 amide bonds. The van der Waals surface area contributed by atoms with Gasteiger partial charge in [0.1, 0.15) is 5.82 Å². The highest BCUT2D eigenvalue weighted by Gasteiger charge is 2.12. The van der Waals surface area contributed by atoms with Gasteiger partial charge in [0, 0.05) is 11.0 Å². The molecule has 0 spiro atoms. The normalized spacial score (nSPS) is 10.5. The van der Waals surface area contributed by atoms with Crippen LogP contribution in [0.25, 0.3) is 0 Å². The molecule has 8 heteroatoms. The van der Waals surface area contributed by atoms with E-state index in [-0.39, 0.29) is 5.69 Å². The van der Waals surface area contributed by atoms with E-state index in [1.165, 1.54) is 29.1 Å². The fourth-order valence-electron chi connectivity index (χ4n) is 1.42. The monoisotopic (exact) mass is 327 g/mol. The fourth-order valence-corrected chi connectivity index (χ4v) is 1.87. The first kappa shape index (κ1) is 13.6. The molecule has 0 unspecified atom stereocenters. The van der Waals surface area contributed by atoms with Crippen molar-refractivity contribution < 1.29 is 9.18 Å². The Bertz CT molecular complexity index is 601. The molecule has 1 aromatic heterocycles. The molecule has 2 aromatic rings. The highest BCUT2D eigenvalue weighted by Crippen LogP contribution is 2.23. The lowest BCUT2D eigenvalue weighted by molar-refractivity contribution is 0.102. The first-order chi connectivity index (χ1) is 9.10. The van der Waals surface area contributed by atoms with Crippen LogP contribution in [0.3, 0.4) is 0 Å². The van der Waals surface area contributed by atoms with Crippen LogP contribution in [-0.2, 0) is 6.54 Å². The Labute approximate surface area is 116 Å². The Hall–Kier alpha value is -1.80. The average molecular weight is 328 g/mol. The summed E-state index contributed by atoms with van der Waals surface area (Å²) >= 11 is 3.17. The minimum absolute atomic E-state index is 0.171. The summed E-state index contributed by atoms with van der Waals surface area (Å²) in [6.45, 7) is 0.897. The van der Waals surface area contributed by atoms with Gasteiger partial charge in [0.2, 0.25) is 0 Å². The Kier molecular flexibility index (Phi) is 4.23. The second kappa shape index (κ2) is 5.89. The Morgan fingerprint density at radius 3 is 3.00 bits per heavy atom. The number of hydrogen-bond acceptors (Lipinski definition) is 4. The molecule has 19 heavy (non-hydrogen) atoms. The van der Waals surface area contributed by atoms with Crippen LogP contribution in [0.15, 0.2) is 28.9 Å². The number of nitrogens with two attached hydrogens (primary N) is 1. The number of nitrogens with zero attached hydrogens (tertiary/aromatic N) is 3. The molecule has 100 valence electrons. The third-order valence-electron chi connectivity index (χ3n) is 2.31. The van der Waals surface area contributed by atoms with Gasteiger partial charge in [-0.1, -0.05) is 5.21 Å². The van der Waals surface area contributed by atoms with Crippen molar-refractivity contribution in [3.05, 3.63) is 40.4 Å². The lowest BCUT2D eigenvalue weighted by Gasteiger charge is -2.05. The predicted octanol–water partition coefficient (Wildman–Crippen LogP) is 1.39. The summed E-state index contributed by atoms with van der Waals surface area (Å²) in [6, 6.07) is 3.98. The second-order valence-corrected chi connectivity index (χ2v) is 4.59. The minimum Gasteiger partial charge on any atom is -0.329 e. The van der Waals surface area contributed by atoms with Crippen molar-refractivity contribution in [2.75, 3.05) is 11.9 Å². The summed E-state index contributed by atoms with van der Waals surface area (Å²) in [7, 11) is 0. The van der Waals surface area contributed by atoms with E-state index in [9.17, 15) is 9.18 Å². The third-order valence-corrected chi connectivity index (χ3v) is 2.96. The number of carbonyl (C=O) groups excluding carboxylic acids is 1. The van der Waals surface area contributed by atoms with Crippen molar-refractivity contribution >= 4 is 27.5 Å². The first-order valence-electron chi connectivity index (χ1n) is 5.47. The Morgan fingerprint density at radius 2 is 2.32 bits per heavy atom. The molecule has 0 aliphatic heterocycles. The predicted molar refractivity (Wildman–Crippen MR) is 71.1 cm³/mol. The first-order valence-corrected chi connectivity index (χ1v) is 6.26. The summed E-state index contributed by atoms with van der Waals surface area (Å²) in [5.74, 6) is -0.811. The highest BCUT2D eigenvalue weighted by molar-refractivity contribution is 9.10. The van der Waals surface area contributed by atoms with Crippen LogP contribution >= 0.6 is 15.9 Å². The van der Waals surface area contributed by atoms with Crippen LogP contribution in [0, 0.1) is 5.82 Å². The lowest BCUT2D eigenvalue weighted by atomic mass is 10.3. The van der Waals surface area contributed by atoms with Gasteiger partial charge in [0.15, 0.2) is 5.69 Å². The van der Waals surface area contributed by atoms with Crippen LogP contribution in [0.5, 0.6) is 0 Å². The number of amides is 1. The van der Waals surface area contributed by atoms with Crippen molar-refractivity contribution in [1.29, 1.82) is 0 Å². The molecule has 0 aliphatic rings. The smallest absolute Gasteiger partial charge is 0.277 e. The topological polar surface area (TPSA) is 85.8 Å². The zero-order valence-electron chi connectivity index (χ0n) is 9.81. The molecule has 0 fully saturated rings. The minimum atomic E-state index is -0.421. The molecule has 0 bridgehead atoms. The molecule has 1 heterocycles. The number of benzene rings is 1. The zero-order valence-corrected chi connectivity index (χ0v) is 11.4. The van der Waals surface area contributed by atoms with Crippen molar-refractivity contribution in [1.82, 2.24) is 15.0 Å². The van der Waals surface area contributed by atoms with Crippen LogP contribution in [0.4, 0.5) is 10.1 Å². The molecule has 0 saturated carbocycles. The summed E-state index contributed by atoms with van der Waals surface area (Å²) in [5.41, 5.74) is 6.00. The number of anilines is 1. The van der Waals surface area contributed by atoms with Gasteiger partial charge in [0.05, 0.1) is 18.4 Å². The molecule has 0 atom stereocenters. The van der Waals surface area contributed by atoms with Gasteiger partial charge < -0.3 is 11.1 Å². The van der Waals surface area contributed by atoms with Gasteiger partial charge in [-0.05, 0) is 34.1 Å². The van der Waals surface area contributed by atoms with Crippen molar-refractivity contribution in [2.45, 2.75) is 6.54 Å². The number of hydrogen-bond donors (Lipinski definition) is 2. The van der Waals surface area contributed by atoms with E-state index in [1.54, 1.807) is 0 Å². The van der Waals surface area contributed by atoms with Crippen molar-refractivity contribution in [3.63, 3.8) is 0 Å². The van der Waals surface area contributed by atoms with Crippen molar-refractivity contribution in [2.24, 2.45) is 5.73 Å². The van der Waals surface area contributed by atoms with E-state index in [0.717, 1.165) is 0 Å². The molecule has 0 aliphatic carbocycles. The lowest BCUT2D eigenvalue weighted by Crippen LogP contribution is -2.13. The van der Waals surface area contributed by atoms with Gasteiger partial charge in [-0.15, -0.1) is 5.10 Å². The summed E-state index contributed by atoms with van der Waals surface area (Å²) in [5, 5.41) is 10.1. The molecule has 2 rings (SSSR count). The van der Waals surface area contributed by atoms with Crippen molar-refractivity contribution in [3.8, 4) is 0 Å². The molecular formula is C11H11BrFN5O. The zero-order chi connectivity index (χ0) is 13.8. The van der Waals surface area contributed by atoms with Crippen LogP contribution in [0.2, 0.25) is 0 Å². The van der Waals surface area contributed by atoms with E-state index < -0.39 is 11.7 Å². The van der Waals surface area contributed by atoms with Gasteiger partial charge in [-0.25, -0.2) is 4.39 Å². The average Bonchev–Trinajstić information content (AvgIpc) is 2.82. The Morgan fingerprint density at radius 1 is 1.53 bits per heavy atom. The molecule has 6 nitrogen and oxygen atoms in total. The summed E-state index contributed by atoms with van der Waals surface area (Å²) in [4.78, 5) is 11.9. The van der Waals surface area contributed by atoms with E-state index in [2.05, 4.69) is 31.6 Å². The van der Waals surface area contributed by atoms with Crippen LogP contribution in [0.1, 0.15) is 10.5 Å². The molecule has 0 saturated heterocycles. The maximum Gasteiger partial charge on any atom is 0.277 e. The molecule has 1 aromatic carbocycles. The number of nitrogens with one attached hydrogen (secondary N) is 1. The Balaban J connectivity index is 2.11. The summed E-state index contributed by atoms with van der Waals surface area (Å²) in [6.07, 6.45) is 1.50.